The number of fused-ring (bicyclic) bond motifs is 1. The number of esters is 2. The molecule has 0 saturated heterocycles. The lowest BCUT2D eigenvalue weighted by atomic mass is 10.1. The number of hydrogen-bond acceptors (Lipinski definition) is 6. The van der Waals surface area contributed by atoms with Gasteiger partial charge in [0.25, 0.3) is 11.8 Å². The standard InChI is InChI=1S/C22H21NO6/c1-3-4-11-28-19(24)13-29-22(27)15-9-10-16-17(12-15)21(26)23(20(16)25)18-8-6-5-7-14(18)2/h5-10,12H,3-4,11,13H2,1-2H3. The summed E-state index contributed by atoms with van der Waals surface area (Å²) in [6, 6.07) is 11.2. The van der Waals surface area contributed by atoms with Crippen LogP contribution in [0.5, 0.6) is 0 Å². The third kappa shape index (κ3) is 4.18. The molecule has 7 heteroatoms. The smallest absolute Gasteiger partial charge is 0.344 e. The normalized spacial score (nSPS) is 12.7. The molecule has 0 radical (unpaired) electrons. The quantitative estimate of drug-likeness (QED) is 0.406. The monoisotopic (exact) mass is 395 g/mol. The number of benzene rings is 2. The molecule has 2 amide bonds. The summed E-state index contributed by atoms with van der Waals surface area (Å²) in [4.78, 5) is 50.4. The molecule has 3 rings (SSSR count). The predicted octanol–water partition coefficient (Wildman–Crippen LogP) is 3.30. The van der Waals surface area contributed by atoms with Crippen LogP contribution in [0, 0.1) is 6.92 Å². The summed E-state index contributed by atoms with van der Waals surface area (Å²) in [5, 5.41) is 0. The van der Waals surface area contributed by atoms with Gasteiger partial charge in [0.2, 0.25) is 0 Å². The van der Waals surface area contributed by atoms with Gasteiger partial charge in [-0.25, -0.2) is 14.5 Å². The first-order chi connectivity index (χ1) is 13.9. The molecule has 1 aliphatic rings. The maximum Gasteiger partial charge on any atom is 0.344 e. The van der Waals surface area contributed by atoms with Gasteiger partial charge in [0, 0.05) is 0 Å². The van der Waals surface area contributed by atoms with E-state index in [4.69, 9.17) is 9.47 Å². The lowest BCUT2D eigenvalue weighted by Gasteiger charge is -2.16. The van der Waals surface area contributed by atoms with Crippen molar-refractivity contribution in [3.8, 4) is 0 Å². The maximum absolute atomic E-state index is 12.8. The molecular formula is C22H21NO6. The molecule has 1 heterocycles. The van der Waals surface area contributed by atoms with Crippen LogP contribution in [-0.4, -0.2) is 37.0 Å². The average molecular weight is 395 g/mol. The van der Waals surface area contributed by atoms with Crippen LogP contribution in [0.25, 0.3) is 0 Å². The maximum atomic E-state index is 12.8. The van der Waals surface area contributed by atoms with Crippen molar-refractivity contribution >= 4 is 29.4 Å². The third-order valence-electron chi connectivity index (χ3n) is 4.56. The van der Waals surface area contributed by atoms with Crippen LogP contribution in [0.4, 0.5) is 5.69 Å². The minimum atomic E-state index is -0.769. The van der Waals surface area contributed by atoms with Gasteiger partial charge < -0.3 is 9.47 Å². The van der Waals surface area contributed by atoms with E-state index in [9.17, 15) is 19.2 Å². The molecule has 2 aromatic rings. The predicted molar refractivity (Wildman–Crippen MR) is 105 cm³/mol. The summed E-state index contributed by atoms with van der Waals surface area (Å²) in [5.74, 6) is -2.36. The number of ether oxygens (including phenoxy) is 2. The van der Waals surface area contributed by atoms with Crippen molar-refractivity contribution in [2.24, 2.45) is 0 Å². The number of imide groups is 1. The molecule has 0 spiro atoms. The fraction of sp³-hybridized carbons (Fsp3) is 0.273. The van der Waals surface area contributed by atoms with Crippen molar-refractivity contribution in [1.29, 1.82) is 0 Å². The summed E-state index contributed by atoms with van der Waals surface area (Å²) >= 11 is 0. The summed E-state index contributed by atoms with van der Waals surface area (Å²) in [6.07, 6.45) is 1.62. The average Bonchev–Trinajstić information content (AvgIpc) is 2.97. The van der Waals surface area contributed by atoms with Gasteiger partial charge in [-0.05, 0) is 43.2 Å². The highest BCUT2D eigenvalue weighted by molar-refractivity contribution is 6.34. The first kappa shape index (κ1) is 20.3. The fourth-order valence-electron chi connectivity index (χ4n) is 2.98. The van der Waals surface area contributed by atoms with E-state index < -0.39 is 30.4 Å². The largest absolute Gasteiger partial charge is 0.463 e. The third-order valence-corrected chi connectivity index (χ3v) is 4.56. The fourth-order valence-corrected chi connectivity index (χ4v) is 2.98. The van der Waals surface area contributed by atoms with Crippen LogP contribution in [0.1, 0.15) is 56.4 Å². The van der Waals surface area contributed by atoms with E-state index >= 15 is 0 Å². The minimum absolute atomic E-state index is 0.0814. The molecule has 29 heavy (non-hydrogen) atoms. The van der Waals surface area contributed by atoms with Crippen molar-refractivity contribution in [2.45, 2.75) is 26.7 Å². The lowest BCUT2D eigenvalue weighted by Crippen LogP contribution is -2.29. The van der Waals surface area contributed by atoms with Crippen molar-refractivity contribution in [2.75, 3.05) is 18.1 Å². The van der Waals surface area contributed by atoms with Crippen LogP contribution in [0.2, 0.25) is 0 Å². The molecule has 2 aromatic carbocycles. The molecule has 1 aliphatic heterocycles. The second-order valence-corrected chi connectivity index (χ2v) is 6.64. The summed E-state index contributed by atoms with van der Waals surface area (Å²) in [7, 11) is 0. The Kier molecular flexibility index (Phi) is 6.07. The first-order valence-corrected chi connectivity index (χ1v) is 9.35. The van der Waals surface area contributed by atoms with Crippen LogP contribution in [-0.2, 0) is 14.3 Å². The minimum Gasteiger partial charge on any atom is -0.463 e. The summed E-state index contributed by atoms with van der Waals surface area (Å²) in [6.45, 7) is 3.54. The zero-order chi connectivity index (χ0) is 21.0. The van der Waals surface area contributed by atoms with Crippen molar-refractivity contribution < 1.29 is 28.7 Å². The number of carbonyl (C=O) groups excluding carboxylic acids is 4. The molecule has 0 aliphatic carbocycles. The molecule has 0 atom stereocenters. The molecule has 0 N–H and O–H groups in total. The number of amides is 2. The Morgan fingerprint density at radius 3 is 2.41 bits per heavy atom. The Labute approximate surface area is 168 Å². The Hall–Kier alpha value is -3.48. The molecule has 150 valence electrons. The van der Waals surface area contributed by atoms with Gasteiger partial charge in [0.05, 0.1) is 29.0 Å². The van der Waals surface area contributed by atoms with Crippen LogP contribution in [0.3, 0.4) is 0 Å². The zero-order valence-electron chi connectivity index (χ0n) is 16.3. The van der Waals surface area contributed by atoms with Crippen LogP contribution >= 0.6 is 0 Å². The SMILES string of the molecule is CCCCOC(=O)COC(=O)c1ccc2c(c1)C(=O)N(c1ccccc1C)C2=O. The van der Waals surface area contributed by atoms with E-state index in [2.05, 4.69) is 0 Å². The number of anilines is 1. The Balaban J connectivity index is 1.73. The van der Waals surface area contributed by atoms with Gasteiger partial charge in [0.15, 0.2) is 6.61 Å². The first-order valence-electron chi connectivity index (χ1n) is 9.35. The molecular weight excluding hydrogens is 374 g/mol. The highest BCUT2D eigenvalue weighted by Gasteiger charge is 2.37. The number of unbranched alkanes of at least 4 members (excludes halogenated alkanes) is 1. The Bertz CT molecular complexity index is 981. The second kappa shape index (κ2) is 8.68. The van der Waals surface area contributed by atoms with E-state index in [0.717, 1.165) is 23.3 Å². The molecule has 0 saturated carbocycles. The van der Waals surface area contributed by atoms with Crippen LogP contribution in [0.15, 0.2) is 42.5 Å². The number of hydrogen-bond donors (Lipinski definition) is 0. The van der Waals surface area contributed by atoms with Gasteiger partial charge in [-0.2, -0.15) is 0 Å². The molecule has 0 aromatic heterocycles. The van der Waals surface area contributed by atoms with E-state index in [1.807, 2.05) is 13.0 Å². The zero-order valence-corrected chi connectivity index (χ0v) is 16.3. The van der Waals surface area contributed by atoms with Crippen LogP contribution < -0.4 is 4.90 Å². The Morgan fingerprint density at radius 1 is 0.966 bits per heavy atom. The highest BCUT2D eigenvalue weighted by Crippen LogP contribution is 2.31. The van der Waals surface area contributed by atoms with Crippen molar-refractivity contribution in [3.05, 3.63) is 64.7 Å². The van der Waals surface area contributed by atoms with Gasteiger partial charge >= 0.3 is 11.9 Å². The van der Waals surface area contributed by atoms with Gasteiger partial charge in [-0.1, -0.05) is 31.5 Å². The number of rotatable bonds is 7. The van der Waals surface area contributed by atoms with E-state index in [0.29, 0.717) is 5.69 Å². The highest BCUT2D eigenvalue weighted by atomic mass is 16.6. The summed E-state index contributed by atoms with van der Waals surface area (Å²) < 4.78 is 9.88. The molecule has 0 bridgehead atoms. The topological polar surface area (TPSA) is 90.0 Å². The number of aryl methyl sites for hydroxylation is 1. The van der Waals surface area contributed by atoms with Crippen molar-refractivity contribution in [3.63, 3.8) is 0 Å². The van der Waals surface area contributed by atoms with Crippen molar-refractivity contribution in [1.82, 2.24) is 0 Å². The Morgan fingerprint density at radius 2 is 1.69 bits per heavy atom. The van der Waals surface area contributed by atoms with Gasteiger partial charge in [-0.15, -0.1) is 0 Å². The van der Waals surface area contributed by atoms with E-state index in [-0.39, 0.29) is 23.3 Å². The number of para-hydroxylation sites is 1. The molecule has 7 nitrogen and oxygen atoms in total. The number of carbonyl (C=O) groups is 4. The van der Waals surface area contributed by atoms with Gasteiger partial charge in [0.1, 0.15) is 0 Å². The lowest BCUT2D eigenvalue weighted by molar-refractivity contribution is -0.147. The second-order valence-electron chi connectivity index (χ2n) is 6.64. The number of nitrogens with zero attached hydrogens (tertiary/aromatic N) is 1. The summed E-state index contributed by atoms with van der Waals surface area (Å²) in [5.41, 5.74) is 1.70. The van der Waals surface area contributed by atoms with E-state index in [1.54, 1.807) is 25.1 Å². The van der Waals surface area contributed by atoms with E-state index in [1.165, 1.54) is 18.2 Å². The molecule has 0 unspecified atom stereocenters. The van der Waals surface area contributed by atoms with Gasteiger partial charge in [-0.3, -0.25) is 9.59 Å². The molecule has 0 fully saturated rings.